The minimum absolute atomic E-state index is 0.0723. The van der Waals surface area contributed by atoms with E-state index in [-0.39, 0.29) is 16.6 Å². The average Bonchev–Trinajstić information content (AvgIpc) is 2.37. The zero-order valence-corrected chi connectivity index (χ0v) is 13.7. The number of aryl methyl sites for hydroxylation is 1. The number of anilines is 1. The number of sulfonamides is 1. The van der Waals surface area contributed by atoms with Gasteiger partial charge in [0.25, 0.3) is 0 Å². The molecule has 4 nitrogen and oxygen atoms in total. The van der Waals surface area contributed by atoms with E-state index in [1.807, 2.05) is 6.92 Å². The van der Waals surface area contributed by atoms with Gasteiger partial charge in [-0.15, -0.1) is 0 Å². The van der Waals surface area contributed by atoms with Crippen LogP contribution >= 0.6 is 0 Å². The van der Waals surface area contributed by atoms with Crippen molar-refractivity contribution in [3.63, 3.8) is 0 Å². The first-order valence-electron chi connectivity index (χ1n) is 7.22. The topological polar surface area (TPSA) is 63.4 Å². The lowest BCUT2D eigenvalue weighted by atomic mass is 9.88. The normalized spacial score (nSPS) is 27.8. The molecule has 0 aliphatic carbocycles. The summed E-state index contributed by atoms with van der Waals surface area (Å²) in [7, 11) is -3.66. The average molecular weight is 314 g/mol. The number of hydrogen-bond donors (Lipinski definition) is 1. The number of nitrogens with two attached hydrogens (primary N) is 1. The Balaban J connectivity index is 2.49. The van der Waals surface area contributed by atoms with Gasteiger partial charge in [0.15, 0.2) is 0 Å². The molecule has 21 heavy (non-hydrogen) atoms. The van der Waals surface area contributed by atoms with Crippen LogP contribution in [0.1, 0.15) is 32.8 Å². The second kappa shape index (κ2) is 5.57. The van der Waals surface area contributed by atoms with Gasteiger partial charge in [-0.2, -0.15) is 4.31 Å². The third-order valence-electron chi connectivity index (χ3n) is 4.42. The molecule has 1 aliphatic heterocycles. The maximum atomic E-state index is 13.5. The molecule has 1 heterocycles. The van der Waals surface area contributed by atoms with E-state index in [1.165, 1.54) is 16.4 Å². The Labute approximate surface area is 126 Å². The monoisotopic (exact) mass is 314 g/mol. The molecule has 0 amide bonds. The number of benzene rings is 1. The van der Waals surface area contributed by atoms with Crippen LogP contribution in [0.15, 0.2) is 17.0 Å². The highest BCUT2D eigenvalue weighted by atomic mass is 32.2. The molecule has 1 aromatic rings. The van der Waals surface area contributed by atoms with Crippen LogP contribution in [-0.2, 0) is 10.0 Å². The van der Waals surface area contributed by atoms with Crippen molar-refractivity contribution >= 4 is 15.7 Å². The first-order chi connectivity index (χ1) is 9.64. The van der Waals surface area contributed by atoms with Crippen LogP contribution in [0.25, 0.3) is 0 Å². The van der Waals surface area contributed by atoms with Gasteiger partial charge in [0.1, 0.15) is 5.82 Å². The Morgan fingerprint density at radius 1 is 1.29 bits per heavy atom. The van der Waals surface area contributed by atoms with Crippen LogP contribution < -0.4 is 5.73 Å². The molecule has 2 rings (SSSR count). The Hall–Kier alpha value is -1.14. The molecule has 0 radical (unpaired) electrons. The van der Waals surface area contributed by atoms with E-state index in [2.05, 4.69) is 13.8 Å². The van der Waals surface area contributed by atoms with Crippen molar-refractivity contribution in [2.45, 2.75) is 45.1 Å². The van der Waals surface area contributed by atoms with Crippen LogP contribution in [0.3, 0.4) is 0 Å². The van der Waals surface area contributed by atoms with Crippen LogP contribution in [-0.4, -0.2) is 25.3 Å². The number of rotatable bonds is 2. The summed E-state index contributed by atoms with van der Waals surface area (Å²) in [4.78, 5) is 0.106. The lowest BCUT2D eigenvalue weighted by molar-refractivity contribution is 0.157. The van der Waals surface area contributed by atoms with E-state index < -0.39 is 15.8 Å². The number of nitrogen functional groups attached to an aromatic ring is 1. The summed E-state index contributed by atoms with van der Waals surface area (Å²) >= 11 is 0. The van der Waals surface area contributed by atoms with Crippen LogP contribution in [0.4, 0.5) is 10.1 Å². The van der Waals surface area contributed by atoms with Crippen molar-refractivity contribution in [2.75, 3.05) is 12.3 Å². The van der Waals surface area contributed by atoms with Crippen LogP contribution in [0.5, 0.6) is 0 Å². The zero-order chi connectivity index (χ0) is 15.9. The van der Waals surface area contributed by atoms with E-state index in [0.717, 1.165) is 6.42 Å². The lowest BCUT2D eigenvalue weighted by Gasteiger charge is -2.40. The highest BCUT2D eigenvalue weighted by Gasteiger charge is 2.37. The van der Waals surface area contributed by atoms with Gasteiger partial charge in [0.2, 0.25) is 10.0 Å². The molecule has 6 heteroatoms. The first kappa shape index (κ1) is 16.2. The fourth-order valence-electron chi connectivity index (χ4n) is 3.05. The molecule has 3 atom stereocenters. The third-order valence-corrected chi connectivity index (χ3v) is 6.52. The lowest BCUT2D eigenvalue weighted by Crippen LogP contribution is -2.48. The maximum Gasteiger partial charge on any atom is 0.243 e. The minimum Gasteiger partial charge on any atom is -0.396 e. The Bertz CT molecular complexity index is 645. The Kier molecular flexibility index (Phi) is 4.31. The summed E-state index contributed by atoms with van der Waals surface area (Å²) in [5.41, 5.74) is 5.80. The molecule has 0 aromatic heterocycles. The van der Waals surface area contributed by atoms with Gasteiger partial charge in [-0.3, -0.25) is 0 Å². The SMILES string of the molecule is Cc1cc(F)c(N)cc1S(=O)(=O)N1CC(C)CC(C)C1C. The highest BCUT2D eigenvalue weighted by Crippen LogP contribution is 2.33. The largest absolute Gasteiger partial charge is 0.396 e. The predicted octanol–water partition coefficient (Wildman–Crippen LogP) is 2.77. The Morgan fingerprint density at radius 2 is 1.90 bits per heavy atom. The molecular weight excluding hydrogens is 291 g/mol. The summed E-state index contributed by atoms with van der Waals surface area (Å²) in [6.45, 7) is 8.13. The fraction of sp³-hybridized carbons (Fsp3) is 0.600. The van der Waals surface area contributed by atoms with Crippen molar-refractivity contribution in [3.05, 3.63) is 23.5 Å². The van der Waals surface area contributed by atoms with E-state index in [0.29, 0.717) is 23.9 Å². The fourth-order valence-corrected chi connectivity index (χ4v) is 5.14. The predicted molar refractivity (Wildman–Crippen MR) is 81.8 cm³/mol. The number of nitrogens with zero attached hydrogens (tertiary/aromatic N) is 1. The van der Waals surface area contributed by atoms with Gasteiger partial charge in [-0.1, -0.05) is 13.8 Å². The van der Waals surface area contributed by atoms with E-state index in [1.54, 1.807) is 6.92 Å². The van der Waals surface area contributed by atoms with E-state index >= 15 is 0 Å². The Morgan fingerprint density at radius 3 is 2.52 bits per heavy atom. The second-order valence-electron chi connectivity index (χ2n) is 6.27. The van der Waals surface area contributed by atoms with Crippen molar-refractivity contribution in [2.24, 2.45) is 11.8 Å². The smallest absolute Gasteiger partial charge is 0.243 e. The quantitative estimate of drug-likeness (QED) is 0.854. The van der Waals surface area contributed by atoms with Crippen LogP contribution in [0.2, 0.25) is 0 Å². The molecule has 0 spiro atoms. The van der Waals surface area contributed by atoms with Crippen molar-refractivity contribution in [3.8, 4) is 0 Å². The molecule has 1 aromatic carbocycles. The van der Waals surface area contributed by atoms with E-state index in [9.17, 15) is 12.8 Å². The summed E-state index contributed by atoms with van der Waals surface area (Å²) in [6.07, 6.45) is 1.01. The number of hydrogen-bond acceptors (Lipinski definition) is 3. The standard InChI is InChI=1S/C15H23FN2O2S/c1-9-5-10(2)12(4)18(8-9)21(19,20)15-7-14(17)13(16)6-11(15)3/h6-7,9-10,12H,5,8,17H2,1-4H3. The number of halogens is 1. The summed E-state index contributed by atoms with van der Waals surface area (Å²) in [6, 6.07) is 2.34. The molecule has 1 saturated heterocycles. The van der Waals surface area contributed by atoms with Gasteiger partial charge < -0.3 is 5.73 Å². The van der Waals surface area contributed by atoms with Crippen molar-refractivity contribution < 1.29 is 12.8 Å². The van der Waals surface area contributed by atoms with Gasteiger partial charge in [0, 0.05) is 12.6 Å². The molecular formula is C15H23FN2O2S. The molecule has 1 fully saturated rings. The second-order valence-corrected chi connectivity index (χ2v) is 8.13. The van der Waals surface area contributed by atoms with Gasteiger partial charge in [-0.25, -0.2) is 12.8 Å². The molecule has 0 saturated carbocycles. The highest BCUT2D eigenvalue weighted by molar-refractivity contribution is 7.89. The number of piperidine rings is 1. The summed E-state index contributed by atoms with van der Waals surface area (Å²) < 4.78 is 40.8. The molecule has 118 valence electrons. The van der Waals surface area contributed by atoms with Gasteiger partial charge in [0.05, 0.1) is 10.6 Å². The van der Waals surface area contributed by atoms with Crippen molar-refractivity contribution in [1.29, 1.82) is 0 Å². The summed E-state index contributed by atoms with van der Waals surface area (Å²) in [5, 5.41) is 0. The molecule has 2 N–H and O–H groups in total. The minimum atomic E-state index is -3.66. The molecule has 3 unspecified atom stereocenters. The van der Waals surface area contributed by atoms with Crippen molar-refractivity contribution in [1.82, 2.24) is 4.31 Å². The van der Waals surface area contributed by atoms with E-state index in [4.69, 9.17) is 5.73 Å². The van der Waals surface area contributed by atoms with Gasteiger partial charge >= 0.3 is 0 Å². The van der Waals surface area contributed by atoms with Gasteiger partial charge in [-0.05, 0) is 49.8 Å². The van der Waals surface area contributed by atoms with Crippen LogP contribution in [0, 0.1) is 24.6 Å². The third kappa shape index (κ3) is 2.92. The summed E-state index contributed by atoms with van der Waals surface area (Å²) in [5.74, 6) is 0.0191. The molecule has 1 aliphatic rings. The first-order valence-corrected chi connectivity index (χ1v) is 8.66. The maximum absolute atomic E-state index is 13.5. The zero-order valence-electron chi connectivity index (χ0n) is 12.9. The molecule has 0 bridgehead atoms.